The van der Waals surface area contributed by atoms with Crippen molar-refractivity contribution in [2.75, 3.05) is 17.2 Å². The topological polar surface area (TPSA) is 32.3 Å². The van der Waals surface area contributed by atoms with Gasteiger partial charge in [0.2, 0.25) is 0 Å². The molecule has 104 valence electrons. The summed E-state index contributed by atoms with van der Waals surface area (Å²) >= 11 is 1.82. The van der Waals surface area contributed by atoms with Crippen LogP contribution in [-0.4, -0.2) is 24.4 Å². The Bertz CT molecular complexity index is 467. The molecule has 1 aromatic carbocycles. The second-order valence-corrected chi connectivity index (χ2v) is 7.28. The van der Waals surface area contributed by atoms with Crippen LogP contribution >= 0.6 is 11.8 Å². The SMILES string of the molecule is CC1CSc2ccccc2N1C(=O)NCC(C)(C)C. The highest BCUT2D eigenvalue weighted by Crippen LogP contribution is 2.37. The van der Waals surface area contributed by atoms with E-state index in [1.807, 2.05) is 34.9 Å². The number of carbonyl (C=O) groups is 1. The van der Waals surface area contributed by atoms with Gasteiger partial charge in [-0.1, -0.05) is 32.9 Å². The number of anilines is 1. The van der Waals surface area contributed by atoms with Gasteiger partial charge in [-0.15, -0.1) is 11.8 Å². The first kappa shape index (κ1) is 14.3. The lowest BCUT2D eigenvalue weighted by Gasteiger charge is -2.35. The van der Waals surface area contributed by atoms with E-state index in [-0.39, 0.29) is 17.5 Å². The Balaban J connectivity index is 2.17. The largest absolute Gasteiger partial charge is 0.337 e. The summed E-state index contributed by atoms with van der Waals surface area (Å²) < 4.78 is 0. The minimum absolute atomic E-state index is 0.00942. The lowest BCUT2D eigenvalue weighted by atomic mass is 9.97. The summed E-state index contributed by atoms with van der Waals surface area (Å²) in [6.45, 7) is 9.15. The fourth-order valence-electron chi connectivity index (χ4n) is 2.04. The fraction of sp³-hybridized carbons (Fsp3) is 0.533. The summed E-state index contributed by atoms with van der Waals surface area (Å²) in [6.07, 6.45) is 0. The van der Waals surface area contributed by atoms with Gasteiger partial charge in [-0.3, -0.25) is 4.90 Å². The van der Waals surface area contributed by atoms with Gasteiger partial charge in [-0.25, -0.2) is 4.79 Å². The molecule has 1 N–H and O–H groups in total. The molecule has 0 radical (unpaired) electrons. The van der Waals surface area contributed by atoms with E-state index in [2.05, 4.69) is 39.1 Å². The summed E-state index contributed by atoms with van der Waals surface area (Å²) in [5.74, 6) is 0.944. The molecule has 1 heterocycles. The van der Waals surface area contributed by atoms with Gasteiger partial charge in [-0.05, 0) is 24.5 Å². The third-order valence-corrected chi connectivity index (χ3v) is 4.34. The molecule has 0 bridgehead atoms. The van der Waals surface area contributed by atoms with Gasteiger partial charge in [0.25, 0.3) is 0 Å². The maximum Gasteiger partial charge on any atom is 0.322 e. The molecule has 2 rings (SSSR count). The van der Waals surface area contributed by atoms with Crippen molar-refractivity contribution in [1.82, 2.24) is 5.32 Å². The molecule has 0 saturated heterocycles. The average molecular weight is 278 g/mol. The maximum atomic E-state index is 12.4. The maximum absolute atomic E-state index is 12.4. The van der Waals surface area contributed by atoms with Crippen LogP contribution in [0, 0.1) is 5.41 Å². The number of nitrogens with zero attached hydrogens (tertiary/aromatic N) is 1. The minimum atomic E-state index is 0.00942. The Kier molecular flexibility index (Phi) is 4.09. The van der Waals surface area contributed by atoms with Gasteiger partial charge in [0.1, 0.15) is 0 Å². The van der Waals surface area contributed by atoms with Crippen molar-refractivity contribution in [2.45, 2.75) is 38.6 Å². The predicted molar refractivity (Wildman–Crippen MR) is 82.0 cm³/mol. The van der Waals surface area contributed by atoms with Crippen molar-refractivity contribution in [3.63, 3.8) is 0 Å². The first-order chi connectivity index (χ1) is 8.88. The third kappa shape index (κ3) is 3.44. The Morgan fingerprint density at radius 1 is 1.42 bits per heavy atom. The smallest absolute Gasteiger partial charge is 0.322 e. The van der Waals surface area contributed by atoms with Crippen LogP contribution < -0.4 is 10.2 Å². The second kappa shape index (κ2) is 5.45. The summed E-state index contributed by atoms with van der Waals surface area (Å²) in [4.78, 5) is 15.5. The zero-order chi connectivity index (χ0) is 14.0. The highest BCUT2D eigenvalue weighted by molar-refractivity contribution is 7.99. The molecule has 1 unspecified atom stereocenters. The van der Waals surface area contributed by atoms with E-state index in [9.17, 15) is 4.79 Å². The molecule has 1 aliphatic heterocycles. The van der Waals surface area contributed by atoms with E-state index in [1.165, 1.54) is 4.90 Å². The van der Waals surface area contributed by atoms with E-state index in [0.717, 1.165) is 11.4 Å². The number of urea groups is 1. The molecule has 0 fully saturated rings. The van der Waals surface area contributed by atoms with E-state index < -0.39 is 0 Å². The molecule has 0 spiro atoms. The molecule has 0 saturated carbocycles. The average Bonchev–Trinajstić information content (AvgIpc) is 2.35. The standard InChI is InChI=1S/C15H22N2OS/c1-11-9-19-13-8-6-5-7-12(13)17(11)14(18)16-10-15(2,3)4/h5-8,11H,9-10H2,1-4H3,(H,16,18). The molecular formula is C15H22N2OS. The minimum Gasteiger partial charge on any atom is -0.337 e. The van der Waals surface area contributed by atoms with Crippen LogP contribution in [0.2, 0.25) is 0 Å². The summed E-state index contributed by atoms with van der Waals surface area (Å²) in [5.41, 5.74) is 1.13. The summed E-state index contributed by atoms with van der Waals surface area (Å²) in [7, 11) is 0. The second-order valence-electron chi connectivity index (χ2n) is 6.22. The number of carbonyl (C=O) groups excluding carboxylic acids is 1. The van der Waals surface area contributed by atoms with Gasteiger partial charge >= 0.3 is 6.03 Å². The summed E-state index contributed by atoms with van der Waals surface area (Å²) in [6, 6.07) is 8.34. The molecule has 4 heteroatoms. The highest BCUT2D eigenvalue weighted by atomic mass is 32.2. The molecule has 3 nitrogen and oxygen atoms in total. The molecule has 19 heavy (non-hydrogen) atoms. The third-order valence-electron chi connectivity index (χ3n) is 3.03. The zero-order valence-corrected chi connectivity index (χ0v) is 12.9. The number of benzene rings is 1. The van der Waals surface area contributed by atoms with Gasteiger partial charge in [0.15, 0.2) is 0 Å². The Morgan fingerprint density at radius 3 is 2.79 bits per heavy atom. The molecule has 1 atom stereocenters. The Labute approximate surface area is 119 Å². The van der Waals surface area contributed by atoms with Gasteiger partial charge < -0.3 is 5.32 Å². The molecule has 1 aromatic rings. The first-order valence-electron chi connectivity index (χ1n) is 6.67. The molecule has 2 amide bonds. The van der Waals surface area contributed by atoms with Crippen LogP contribution in [0.15, 0.2) is 29.2 Å². The van der Waals surface area contributed by atoms with Crippen molar-refractivity contribution < 1.29 is 4.79 Å². The lowest BCUT2D eigenvalue weighted by Crippen LogP contribution is -2.49. The van der Waals surface area contributed by atoms with Crippen LogP contribution in [0.3, 0.4) is 0 Å². The number of amides is 2. The fourth-order valence-corrected chi connectivity index (χ4v) is 3.10. The number of hydrogen-bond donors (Lipinski definition) is 1. The van der Waals surface area contributed by atoms with E-state index in [0.29, 0.717) is 6.54 Å². The highest BCUT2D eigenvalue weighted by Gasteiger charge is 2.28. The molecular weight excluding hydrogens is 256 g/mol. The zero-order valence-electron chi connectivity index (χ0n) is 12.1. The number of fused-ring (bicyclic) bond motifs is 1. The van der Waals surface area contributed by atoms with Crippen LogP contribution in [0.5, 0.6) is 0 Å². The van der Waals surface area contributed by atoms with Crippen LogP contribution in [0.1, 0.15) is 27.7 Å². The van der Waals surface area contributed by atoms with Crippen molar-refractivity contribution >= 4 is 23.5 Å². The number of nitrogens with one attached hydrogen (secondary N) is 1. The van der Waals surface area contributed by atoms with E-state index >= 15 is 0 Å². The number of thioether (sulfide) groups is 1. The van der Waals surface area contributed by atoms with Gasteiger partial charge in [0.05, 0.1) is 5.69 Å². The lowest BCUT2D eigenvalue weighted by molar-refractivity contribution is 0.239. The summed E-state index contributed by atoms with van der Waals surface area (Å²) in [5, 5.41) is 3.04. The van der Waals surface area contributed by atoms with Crippen molar-refractivity contribution in [3.05, 3.63) is 24.3 Å². The van der Waals surface area contributed by atoms with Gasteiger partial charge in [0, 0.05) is 23.2 Å². The van der Waals surface area contributed by atoms with E-state index in [1.54, 1.807) is 0 Å². The first-order valence-corrected chi connectivity index (χ1v) is 7.66. The van der Waals surface area contributed by atoms with Crippen LogP contribution in [0.25, 0.3) is 0 Å². The number of rotatable bonds is 1. The number of hydrogen-bond acceptors (Lipinski definition) is 2. The molecule has 0 aromatic heterocycles. The quantitative estimate of drug-likeness (QED) is 0.848. The normalized spacial score (nSPS) is 18.9. The van der Waals surface area contributed by atoms with Crippen molar-refractivity contribution in [3.8, 4) is 0 Å². The van der Waals surface area contributed by atoms with Crippen LogP contribution in [0.4, 0.5) is 10.5 Å². The van der Waals surface area contributed by atoms with Crippen molar-refractivity contribution in [2.24, 2.45) is 5.41 Å². The predicted octanol–water partition coefficient (Wildman–Crippen LogP) is 3.74. The Hall–Kier alpha value is -1.16. The van der Waals surface area contributed by atoms with Crippen molar-refractivity contribution in [1.29, 1.82) is 0 Å². The van der Waals surface area contributed by atoms with Crippen LogP contribution in [-0.2, 0) is 0 Å². The monoisotopic (exact) mass is 278 g/mol. The van der Waals surface area contributed by atoms with E-state index in [4.69, 9.17) is 0 Å². The molecule has 1 aliphatic rings. The molecule has 0 aliphatic carbocycles. The Morgan fingerprint density at radius 2 is 2.11 bits per heavy atom. The van der Waals surface area contributed by atoms with Gasteiger partial charge in [-0.2, -0.15) is 0 Å². The number of para-hydroxylation sites is 1.